The Balaban J connectivity index is 1.48. The average Bonchev–Trinajstić information content (AvgIpc) is 2.53. The maximum absolute atomic E-state index is 3.68. The fourth-order valence-electron chi connectivity index (χ4n) is 3.57. The molecule has 0 radical (unpaired) electrons. The number of fused-ring (bicyclic) bond motifs is 1. The maximum atomic E-state index is 3.68. The van der Waals surface area contributed by atoms with Crippen LogP contribution < -0.4 is 5.32 Å². The third-order valence-corrected chi connectivity index (χ3v) is 5.02. The Morgan fingerprint density at radius 1 is 0.952 bits per heavy atom. The molecule has 3 rings (SSSR count). The van der Waals surface area contributed by atoms with Gasteiger partial charge in [-0.05, 0) is 60.5 Å². The predicted octanol–water partition coefficient (Wildman–Crippen LogP) is 4.80. The van der Waals surface area contributed by atoms with Gasteiger partial charge in [-0.25, -0.2) is 0 Å². The topological polar surface area (TPSA) is 12.0 Å². The lowest BCUT2D eigenvalue weighted by atomic mass is 9.83. The van der Waals surface area contributed by atoms with Crippen LogP contribution in [0.15, 0.2) is 42.5 Å². The van der Waals surface area contributed by atoms with Gasteiger partial charge in [-0.3, -0.25) is 0 Å². The van der Waals surface area contributed by atoms with Crippen LogP contribution in [0.5, 0.6) is 0 Å². The van der Waals surface area contributed by atoms with Gasteiger partial charge in [0.05, 0.1) is 0 Å². The Morgan fingerprint density at radius 3 is 2.57 bits per heavy atom. The summed E-state index contributed by atoms with van der Waals surface area (Å²) >= 11 is 0. The van der Waals surface area contributed by atoms with Gasteiger partial charge in [0, 0.05) is 0 Å². The second kappa shape index (κ2) is 7.09. The van der Waals surface area contributed by atoms with Crippen LogP contribution in [0.1, 0.15) is 38.2 Å². The Hall–Kier alpha value is -1.34. The highest BCUT2D eigenvalue weighted by Crippen LogP contribution is 2.27. The summed E-state index contributed by atoms with van der Waals surface area (Å²) in [7, 11) is 0. The van der Waals surface area contributed by atoms with Crippen LogP contribution in [0.2, 0.25) is 0 Å². The monoisotopic (exact) mass is 281 g/mol. The summed E-state index contributed by atoms with van der Waals surface area (Å²) in [6.07, 6.45) is 6.82. The quantitative estimate of drug-likeness (QED) is 0.776. The van der Waals surface area contributed by atoms with E-state index in [1.54, 1.807) is 0 Å². The molecule has 0 aromatic heterocycles. The zero-order valence-electron chi connectivity index (χ0n) is 13.1. The molecule has 2 aromatic carbocycles. The largest absolute Gasteiger partial charge is 0.316 e. The first-order chi connectivity index (χ1) is 10.3. The van der Waals surface area contributed by atoms with Crippen molar-refractivity contribution < 1.29 is 0 Å². The molecule has 0 bridgehead atoms. The summed E-state index contributed by atoms with van der Waals surface area (Å²) in [4.78, 5) is 0. The summed E-state index contributed by atoms with van der Waals surface area (Å²) in [5.74, 6) is 1.87. The summed E-state index contributed by atoms with van der Waals surface area (Å²) in [6, 6.07) is 15.4. The number of nitrogens with one attached hydrogen (secondary N) is 1. The van der Waals surface area contributed by atoms with Gasteiger partial charge in [0.25, 0.3) is 0 Å². The molecule has 1 saturated carbocycles. The summed E-state index contributed by atoms with van der Waals surface area (Å²) < 4.78 is 0. The van der Waals surface area contributed by atoms with Crippen molar-refractivity contribution in [1.29, 1.82) is 0 Å². The second-order valence-corrected chi connectivity index (χ2v) is 6.72. The lowest BCUT2D eigenvalue weighted by Crippen LogP contribution is -2.27. The Morgan fingerprint density at radius 2 is 1.71 bits per heavy atom. The molecule has 1 aliphatic rings. The Kier molecular flexibility index (Phi) is 4.92. The van der Waals surface area contributed by atoms with Gasteiger partial charge in [0.2, 0.25) is 0 Å². The first-order valence-corrected chi connectivity index (χ1v) is 8.50. The van der Waals surface area contributed by atoms with Gasteiger partial charge in [-0.1, -0.05) is 62.2 Å². The standard InChI is InChI=1S/C20H27N/c1-16-9-11-17(12-10-16)15-21-14-13-19-7-4-6-18-5-2-3-8-20(18)19/h2-8,16-17,21H,9-15H2,1H3. The molecule has 0 saturated heterocycles. The van der Waals surface area contributed by atoms with E-state index >= 15 is 0 Å². The molecular weight excluding hydrogens is 254 g/mol. The smallest absolute Gasteiger partial charge is 0.000801 e. The third kappa shape index (κ3) is 3.85. The van der Waals surface area contributed by atoms with E-state index in [1.165, 1.54) is 48.6 Å². The molecule has 0 heterocycles. The van der Waals surface area contributed by atoms with Crippen LogP contribution in [0.4, 0.5) is 0 Å². The molecule has 1 fully saturated rings. The lowest BCUT2D eigenvalue weighted by Gasteiger charge is -2.26. The molecule has 0 atom stereocenters. The fraction of sp³-hybridized carbons (Fsp3) is 0.500. The van der Waals surface area contributed by atoms with Crippen molar-refractivity contribution >= 4 is 10.8 Å². The van der Waals surface area contributed by atoms with Crippen molar-refractivity contribution in [3.05, 3.63) is 48.0 Å². The van der Waals surface area contributed by atoms with Crippen LogP contribution in [-0.4, -0.2) is 13.1 Å². The fourth-order valence-corrected chi connectivity index (χ4v) is 3.57. The molecule has 0 spiro atoms. The van der Waals surface area contributed by atoms with Crippen molar-refractivity contribution in [2.45, 2.75) is 39.0 Å². The van der Waals surface area contributed by atoms with Crippen LogP contribution in [0.3, 0.4) is 0 Å². The van der Waals surface area contributed by atoms with Gasteiger partial charge >= 0.3 is 0 Å². The van der Waals surface area contributed by atoms with Crippen LogP contribution in [-0.2, 0) is 6.42 Å². The van der Waals surface area contributed by atoms with Crippen molar-refractivity contribution in [2.24, 2.45) is 11.8 Å². The van der Waals surface area contributed by atoms with E-state index in [2.05, 4.69) is 54.7 Å². The van der Waals surface area contributed by atoms with Crippen LogP contribution in [0.25, 0.3) is 10.8 Å². The molecule has 21 heavy (non-hydrogen) atoms. The molecular formula is C20H27N. The predicted molar refractivity (Wildman–Crippen MR) is 91.6 cm³/mol. The molecule has 0 unspecified atom stereocenters. The van der Waals surface area contributed by atoms with E-state index in [9.17, 15) is 0 Å². The molecule has 1 N–H and O–H groups in total. The van der Waals surface area contributed by atoms with Crippen molar-refractivity contribution in [1.82, 2.24) is 5.32 Å². The molecule has 1 nitrogen and oxygen atoms in total. The second-order valence-electron chi connectivity index (χ2n) is 6.72. The number of benzene rings is 2. The molecule has 112 valence electrons. The van der Waals surface area contributed by atoms with Gasteiger partial charge in [0.1, 0.15) is 0 Å². The molecule has 0 aliphatic heterocycles. The molecule has 0 amide bonds. The minimum absolute atomic E-state index is 0.911. The minimum atomic E-state index is 0.911. The van der Waals surface area contributed by atoms with Gasteiger partial charge in [-0.2, -0.15) is 0 Å². The number of hydrogen-bond donors (Lipinski definition) is 1. The highest BCUT2D eigenvalue weighted by atomic mass is 14.9. The molecule has 1 aliphatic carbocycles. The van der Waals surface area contributed by atoms with Crippen molar-refractivity contribution in [2.75, 3.05) is 13.1 Å². The van der Waals surface area contributed by atoms with E-state index in [4.69, 9.17) is 0 Å². The van der Waals surface area contributed by atoms with Crippen LogP contribution >= 0.6 is 0 Å². The highest BCUT2D eigenvalue weighted by Gasteiger charge is 2.17. The van der Waals surface area contributed by atoms with Gasteiger partial charge in [0.15, 0.2) is 0 Å². The maximum Gasteiger partial charge on any atom is -0.000801 e. The average molecular weight is 281 g/mol. The third-order valence-electron chi connectivity index (χ3n) is 5.02. The van der Waals surface area contributed by atoms with E-state index in [-0.39, 0.29) is 0 Å². The first-order valence-electron chi connectivity index (χ1n) is 8.50. The van der Waals surface area contributed by atoms with Crippen LogP contribution in [0, 0.1) is 11.8 Å². The molecule has 1 heteroatoms. The zero-order valence-corrected chi connectivity index (χ0v) is 13.1. The van der Waals surface area contributed by atoms with E-state index in [1.807, 2.05) is 0 Å². The van der Waals surface area contributed by atoms with Crippen molar-refractivity contribution in [3.63, 3.8) is 0 Å². The zero-order chi connectivity index (χ0) is 14.5. The molecule has 2 aromatic rings. The minimum Gasteiger partial charge on any atom is -0.316 e. The number of rotatable bonds is 5. The number of hydrogen-bond acceptors (Lipinski definition) is 1. The Labute approximate surface area is 128 Å². The van der Waals surface area contributed by atoms with E-state index in [0.717, 1.165) is 24.8 Å². The van der Waals surface area contributed by atoms with E-state index in [0.29, 0.717) is 0 Å². The normalized spacial score (nSPS) is 22.5. The SMILES string of the molecule is CC1CCC(CNCCc2cccc3ccccc23)CC1. The highest BCUT2D eigenvalue weighted by molar-refractivity contribution is 5.85. The Bertz CT molecular complexity index is 562. The van der Waals surface area contributed by atoms with Gasteiger partial charge in [-0.15, -0.1) is 0 Å². The summed E-state index contributed by atoms with van der Waals surface area (Å²) in [6.45, 7) is 4.70. The van der Waals surface area contributed by atoms with Crippen molar-refractivity contribution in [3.8, 4) is 0 Å². The van der Waals surface area contributed by atoms with E-state index < -0.39 is 0 Å². The van der Waals surface area contributed by atoms with Gasteiger partial charge < -0.3 is 5.32 Å². The summed E-state index contributed by atoms with van der Waals surface area (Å²) in [5, 5.41) is 6.45. The lowest BCUT2D eigenvalue weighted by molar-refractivity contribution is 0.282. The summed E-state index contributed by atoms with van der Waals surface area (Å²) in [5.41, 5.74) is 1.47. The first kappa shape index (κ1) is 14.6.